The van der Waals surface area contributed by atoms with Crippen LogP contribution in [-0.4, -0.2) is 33.1 Å². The van der Waals surface area contributed by atoms with Gasteiger partial charge in [0.05, 0.1) is 42.5 Å². The maximum atomic E-state index is 14.6. The smallest absolute Gasteiger partial charge is 0.306 e. The number of fused-ring (bicyclic) bond motifs is 1. The van der Waals surface area contributed by atoms with Gasteiger partial charge in [-0.25, -0.2) is 9.37 Å². The number of carbonyl (C=O) groups is 1. The van der Waals surface area contributed by atoms with Gasteiger partial charge in [-0.2, -0.15) is 0 Å². The molecule has 1 aliphatic carbocycles. The van der Waals surface area contributed by atoms with Crippen LogP contribution in [0.5, 0.6) is 11.6 Å². The topological polar surface area (TPSA) is 94.4 Å². The summed E-state index contributed by atoms with van der Waals surface area (Å²) >= 11 is 0. The fourth-order valence-corrected chi connectivity index (χ4v) is 5.16. The van der Waals surface area contributed by atoms with E-state index in [4.69, 9.17) is 14.5 Å². The Balaban J connectivity index is 1.43. The number of benzene rings is 1. The lowest BCUT2D eigenvalue weighted by atomic mass is 9.82. The number of aliphatic carboxylic acids is 1. The van der Waals surface area contributed by atoms with E-state index in [0.717, 1.165) is 48.8 Å². The molecule has 0 saturated heterocycles. The van der Waals surface area contributed by atoms with E-state index in [0.29, 0.717) is 40.9 Å². The Bertz CT molecular complexity index is 1290. The molecule has 3 heterocycles. The molecule has 0 bridgehead atoms. The first-order valence-electron chi connectivity index (χ1n) is 12.5. The van der Waals surface area contributed by atoms with Gasteiger partial charge < -0.3 is 14.6 Å². The molecule has 8 heteroatoms. The Morgan fingerprint density at radius 3 is 2.72 bits per heavy atom. The molecule has 1 unspecified atom stereocenters. The molecule has 1 N–H and O–H groups in total. The van der Waals surface area contributed by atoms with Crippen LogP contribution in [0.3, 0.4) is 0 Å². The number of aromatic nitrogens is 3. The van der Waals surface area contributed by atoms with E-state index < -0.39 is 17.7 Å². The highest BCUT2D eigenvalue weighted by Crippen LogP contribution is 2.48. The number of carboxylic acid groups (broad SMARTS) is 1. The molecule has 2 aromatic heterocycles. The first kappa shape index (κ1) is 24.2. The van der Waals surface area contributed by atoms with Gasteiger partial charge in [-0.15, -0.1) is 0 Å². The van der Waals surface area contributed by atoms with Gasteiger partial charge in [0.2, 0.25) is 5.88 Å². The van der Waals surface area contributed by atoms with Crippen LogP contribution < -0.4 is 9.47 Å². The third kappa shape index (κ3) is 4.64. The molecule has 1 aromatic carbocycles. The zero-order chi connectivity index (χ0) is 25.4. The number of rotatable bonds is 8. The van der Waals surface area contributed by atoms with E-state index in [9.17, 15) is 14.3 Å². The predicted molar refractivity (Wildman–Crippen MR) is 132 cm³/mol. The van der Waals surface area contributed by atoms with Crippen molar-refractivity contribution < 1.29 is 23.8 Å². The van der Waals surface area contributed by atoms with Crippen LogP contribution in [0.25, 0.3) is 11.3 Å². The Hall–Kier alpha value is -3.55. The Kier molecular flexibility index (Phi) is 6.60. The summed E-state index contributed by atoms with van der Waals surface area (Å²) in [7, 11) is 1.48. The lowest BCUT2D eigenvalue weighted by Gasteiger charge is -2.28. The quantitative estimate of drug-likeness (QED) is 0.443. The number of methoxy groups -OCH3 is 1. The minimum Gasteiger partial charge on any atom is -0.484 e. The highest BCUT2D eigenvalue weighted by Gasteiger charge is 2.39. The van der Waals surface area contributed by atoms with Crippen molar-refractivity contribution >= 4 is 5.97 Å². The van der Waals surface area contributed by atoms with Gasteiger partial charge in [0.1, 0.15) is 11.9 Å². The summed E-state index contributed by atoms with van der Waals surface area (Å²) in [5, 5.41) is 9.64. The number of nitrogens with zero attached hydrogens (tertiary/aromatic N) is 3. The van der Waals surface area contributed by atoms with E-state index in [1.54, 1.807) is 13.1 Å². The molecule has 1 fully saturated rings. The number of ether oxygens (including phenoxy) is 2. The lowest BCUT2D eigenvalue weighted by molar-refractivity contribution is -0.142. The average molecular weight is 492 g/mol. The molecular formula is C28H30FN3O4. The highest BCUT2D eigenvalue weighted by atomic mass is 19.1. The number of hydrogen-bond donors (Lipinski definition) is 1. The number of halogens is 1. The molecular weight excluding hydrogens is 461 g/mol. The fraction of sp³-hybridized carbons (Fsp3) is 0.429. The molecule has 5 rings (SSSR count). The van der Waals surface area contributed by atoms with Crippen molar-refractivity contribution in [1.82, 2.24) is 15.0 Å². The van der Waals surface area contributed by atoms with Gasteiger partial charge in [-0.3, -0.25) is 14.8 Å². The molecule has 0 radical (unpaired) electrons. The largest absolute Gasteiger partial charge is 0.484 e. The number of pyridine rings is 1. The number of hydrogen-bond acceptors (Lipinski definition) is 6. The molecule has 2 aliphatic rings. The van der Waals surface area contributed by atoms with Crippen molar-refractivity contribution in [2.45, 2.75) is 58.0 Å². The van der Waals surface area contributed by atoms with Crippen LogP contribution in [0.15, 0.2) is 36.7 Å². The van der Waals surface area contributed by atoms with Crippen molar-refractivity contribution in [2.75, 3.05) is 7.11 Å². The summed E-state index contributed by atoms with van der Waals surface area (Å²) in [4.78, 5) is 25.0. The van der Waals surface area contributed by atoms with Crippen molar-refractivity contribution in [2.24, 2.45) is 11.8 Å². The van der Waals surface area contributed by atoms with Gasteiger partial charge in [-0.05, 0) is 61.1 Å². The van der Waals surface area contributed by atoms with Gasteiger partial charge in [0.25, 0.3) is 0 Å². The standard InChI is InChI=1S/C28H30FN3O4/c1-4-21-27(19-12-25(35-3)30-13-20(19)29)31-14-22(32-21)23-10-9-16-5-8-18(11-24(16)36-23)26(17-6-7-17)15(2)28(33)34/h5,8,11-15,17,23,26H,4,6-7,9-10H2,1-3H3,(H,33,34)/t15-,23+,26?/m0/s1. The van der Waals surface area contributed by atoms with Gasteiger partial charge in [0, 0.05) is 11.6 Å². The van der Waals surface area contributed by atoms with Crippen LogP contribution in [0.2, 0.25) is 0 Å². The molecule has 1 saturated carbocycles. The van der Waals surface area contributed by atoms with E-state index in [2.05, 4.69) is 22.1 Å². The van der Waals surface area contributed by atoms with E-state index >= 15 is 0 Å². The molecule has 36 heavy (non-hydrogen) atoms. The normalized spacial score (nSPS) is 18.6. The average Bonchev–Trinajstić information content (AvgIpc) is 3.73. The molecule has 188 valence electrons. The molecule has 1 aliphatic heterocycles. The molecule has 0 spiro atoms. The van der Waals surface area contributed by atoms with E-state index in [1.807, 2.05) is 13.0 Å². The minimum atomic E-state index is -0.769. The van der Waals surface area contributed by atoms with Crippen LogP contribution in [0, 0.1) is 17.7 Å². The van der Waals surface area contributed by atoms with Gasteiger partial charge >= 0.3 is 5.97 Å². The predicted octanol–water partition coefficient (Wildman–Crippen LogP) is 5.53. The summed E-state index contributed by atoms with van der Waals surface area (Å²) in [6.07, 6.45) is 6.77. The highest BCUT2D eigenvalue weighted by molar-refractivity contribution is 5.71. The Morgan fingerprint density at radius 2 is 2.03 bits per heavy atom. The second-order valence-electron chi connectivity index (χ2n) is 9.65. The van der Waals surface area contributed by atoms with Gasteiger partial charge in [0.15, 0.2) is 5.82 Å². The summed E-state index contributed by atoms with van der Waals surface area (Å²) in [5.41, 5.74) is 4.27. The zero-order valence-corrected chi connectivity index (χ0v) is 20.7. The molecule has 7 nitrogen and oxygen atoms in total. The molecule has 3 atom stereocenters. The van der Waals surface area contributed by atoms with Crippen LogP contribution in [0.1, 0.15) is 67.6 Å². The van der Waals surface area contributed by atoms with E-state index in [1.165, 1.54) is 13.2 Å². The zero-order valence-electron chi connectivity index (χ0n) is 20.7. The number of carboxylic acids is 1. The second kappa shape index (κ2) is 9.84. The fourth-order valence-electron chi connectivity index (χ4n) is 5.16. The third-order valence-corrected chi connectivity index (χ3v) is 7.30. The second-order valence-corrected chi connectivity index (χ2v) is 9.65. The molecule has 0 amide bonds. The lowest BCUT2D eigenvalue weighted by Crippen LogP contribution is -2.22. The maximum absolute atomic E-state index is 14.6. The third-order valence-electron chi connectivity index (χ3n) is 7.30. The summed E-state index contributed by atoms with van der Waals surface area (Å²) in [6.45, 7) is 3.75. The molecule has 3 aromatic rings. The first-order valence-corrected chi connectivity index (χ1v) is 12.5. The SMILES string of the molecule is CCc1nc([C@H]2CCc3ccc(C(C4CC4)[C@H](C)C(=O)O)cc3O2)cnc1-c1cc(OC)ncc1F. The summed E-state index contributed by atoms with van der Waals surface area (Å²) in [5.74, 6) is -0.225. The van der Waals surface area contributed by atoms with Crippen LogP contribution >= 0.6 is 0 Å². The van der Waals surface area contributed by atoms with Crippen molar-refractivity contribution in [3.8, 4) is 22.9 Å². The monoisotopic (exact) mass is 491 g/mol. The Morgan fingerprint density at radius 1 is 1.22 bits per heavy atom. The first-order chi connectivity index (χ1) is 17.4. The summed E-state index contributed by atoms with van der Waals surface area (Å²) < 4.78 is 26.1. The van der Waals surface area contributed by atoms with Crippen molar-refractivity contribution in [1.29, 1.82) is 0 Å². The van der Waals surface area contributed by atoms with Crippen LogP contribution in [0.4, 0.5) is 4.39 Å². The van der Waals surface area contributed by atoms with Gasteiger partial charge in [-0.1, -0.05) is 26.0 Å². The maximum Gasteiger partial charge on any atom is 0.306 e. The van der Waals surface area contributed by atoms with Crippen molar-refractivity contribution in [3.05, 3.63) is 65.0 Å². The Labute approximate surface area is 209 Å². The minimum absolute atomic E-state index is 0.0187. The van der Waals surface area contributed by atoms with E-state index in [-0.39, 0.29) is 12.0 Å². The van der Waals surface area contributed by atoms with Crippen LogP contribution in [-0.2, 0) is 17.6 Å². The number of aryl methyl sites for hydroxylation is 2. The van der Waals surface area contributed by atoms with Crippen molar-refractivity contribution in [3.63, 3.8) is 0 Å². The summed E-state index contributed by atoms with van der Waals surface area (Å²) in [6, 6.07) is 7.68.